The van der Waals surface area contributed by atoms with Gasteiger partial charge in [0.2, 0.25) is 0 Å². The molecule has 92 valence electrons. The van der Waals surface area contributed by atoms with Gasteiger partial charge in [-0.05, 0) is 45.8 Å². The average Bonchev–Trinajstić information content (AvgIpc) is 2.39. The Hall–Kier alpha value is -1.32. The molecule has 0 heterocycles. The lowest BCUT2D eigenvalue weighted by atomic mass is 10.2. The van der Waals surface area contributed by atoms with E-state index >= 15 is 0 Å². The molecule has 0 saturated carbocycles. The van der Waals surface area contributed by atoms with Gasteiger partial charge in [0, 0.05) is 16.0 Å². The molecule has 1 amide bonds. The number of alkyl halides is 1. The highest BCUT2D eigenvalue weighted by Gasteiger charge is 2.09. The number of amides is 1. The molecule has 2 nitrogen and oxygen atoms in total. The molecule has 0 aliphatic heterocycles. The molecular weight excluding hydrogens is 314 g/mol. The minimum Gasteiger partial charge on any atom is -0.322 e. The number of rotatable bonds is 3. The van der Waals surface area contributed by atoms with E-state index in [1.54, 1.807) is 6.07 Å². The molecule has 2 rings (SSSR count). The van der Waals surface area contributed by atoms with Gasteiger partial charge in [-0.3, -0.25) is 4.79 Å². The maximum absolute atomic E-state index is 12.1. The lowest BCUT2D eigenvalue weighted by Crippen LogP contribution is -2.12. The first-order valence-corrected chi connectivity index (χ1v) is 6.74. The van der Waals surface area contributed by atoms with Gasteiger partial charge >= 0.3 is 0 Å². The van der Waals surface area contributed by atoms with Crippen LogP contribution in [0.3, 0.4) is 0 Å². The van der Waals surface area contributed by atoms with Crippen LogP contribution in [0.5, 0.6) is 0 Å². The van der Waals surface area contributed by atoms with Gasteiger partial charge in [-0.15, -0.1) is 11.6 Å². The molecule has 2 aromatic carbocycles. The van der Waals surface area contributed by atoms with Gasteiger partial charge in [-0.2, -0.15) is 0 Å². The molecular formula is C14H11BrClNO. The second-order valence-electron chi connectivity index (χ2n) is 3.77. The van der Waals surface area contributed by atoms with Crippen molar-refractivity contribution < 1.29 is 4.79 Å². The van der Waals surface area contributed by atoms with Crippen molar-refractivity contribution in [2.45, 2.75) is 5.88 Å². The summed E-state index contributed by atoms with van der Waals surface area (Å²) in [6.45, 7) is 0. The molecule has 0 aromatic heterocycles. The number of anilines is 1. The molecule has 0 fully saturated rings. The quantitative estimate of drug-likeness (QED) is 0.831. The molecule has 0 atom stereocenters. The third-order valence-corrected chi connectivity index (χ3v) is 3.46. The third-order valence-electron chi connectivity index (χ3n) is 2.46. The van der Waals surface area contributed by atoms with E-state index in [1.807, 2.05) is 42.5 Å². The molecule has 4 heteroatoms. The predicted molar refractivity (Wildman–Crippen MR) is 78.1 cm³/mol. The highest BCUT2D eigenvalue weighted by atomic mass is 79.9. The zero-order valence-corrected chi connectivity index (χ0v) is 11.8. The van der Waals surface area contributed by atoms with Gasteiger partial charge in [0.25, 0.3) is 5.91 Å². The van der Waals surface area contributed by atoms with Crippen LogP contribution in [0.4, 0.5) is 5.69 Å². The number of halogens is 2. The zero-order valence-electron chi connectivity index (χ0n) is 9.49. The first-order chi connectivity index (χ1) is 8.70. The molecule has 0 aliphatic rings. The van der Waals surface area contributed by atoms with Gasteiger partial charge in [-0.25, -0.2) is 0 Å². The Morgan fingerprint density at radius 2 is 1.94 bits per heavy atom. The standard InChI is InChI=1S/C14H11BrClNO/c15-13-7-2-1-6-12(13)14(18)17-11-5-3-4-10(8-11)9-16/h1-8H,9H2,(H,17,18). The Bertz CT molecular complexity index is 571. The summed E-state index contributed by atoms with van der Waals surface area (Å²) < 4.78 is 0.774. The van der Waals surface area contributed by atoms with Gasteiger partial charge in [0.05, 0.1) is 5.56 Å². The molecule has 0 bridgehead atoms. The maximum atomic E-state index is 12.1. The number of benzene rings is 2. The largest absolute Gasteiger partial charge is 0.322 e. The van der Waals surface area contributed by atoms with E-state index in [0.717, 1.165) is 15.7 Å². The maximum Gasteiger partial charge on any atom is 0.256 e. The number of carbonyl (C=O) groups is 1. The molecule has 0 unspecified atom stereocenters. The summed E-state index contributed by atoms with van der Waals surface area (Å²) in [6, 6.07) is 14.8. The molecule has 0 radical (unpaired) electrons. The SMILES string of the molecule is O=C(Nc1cccc(CCl)c1)c1ccccc1Br. The van der Waals surface area contributed by atoms with Crippen molar-refractivity contribution in [1.29, 1.82) is 0 Å². The van der Waals surface area contributed by atoms with E-state index in [0.29, 0.717) is 11.4 Å². The van der Waals surface area contributed by atoms with Crippen LogP contribution in [0.25, 0.3) is 0 Å². The van der Waals surface area contributed by atoms with Crippen molar-refractivity contribution in [3.05, 3.63) is 64.1 Å². The summed E-state index contributed by atoms with van der Waals surface area (Å²) in [5, 5.41) is 2.85. The topological polar surface area (TPSA) is 29.1 Å². The normalized spacial score (nSPS) is 10.1. The van der Waals surface area contributed by atoms with Crippen LogP contribution in [-0.4, -0.2) is 5.91 Å². The minimum absolute atomic E-state index is 0.144. The van der Waals surface area contributed by atoms with Crippen molar-refractivity contribution in [2.75, 3.05) is 5.32 Å². The lowest BCUT2D eigenvalue weighted by molar-refractivity contribution is 0.102. The third kappa shape index (κ3) is 3.12. The van der Waals surface area contributed by atoms with Crippen molar-refractivity contribution in [3.8, 4) is 0 Å². The summed E-state index contributed by atoms with van der Waals surface area (Å²) >= 11 is 9.11. The van der Waals surface area contributed by atoms with Gasteiger partial charge < -0.3 is 5.32 Å². The summed E-state index contributed by atoms with van der Waals surface area (Å²) in [7, 11) is 0. The summed E-state index contributed by atoms with van der Waals surface area (Å²) in [5.74, 6) is 0.285. The number of carbonyl (C=O) groups excluding carboxylic acids is 1. The Balaban J connectivity index is 2.19. The second-order valence-corrected chi connectivity index (χ2v) is 4.89. The summed E-state index contributed by atoms with van der Waals surface area (Å²) in [6.07, 6.45) is 0. The Labute approximate surface area is 119 Å². The Morgan fingerprint density at radius 3 is 2.67 bits per heavy atom. The molecule has 2 aromatic rings. The van der Waals surface area contributed by atoms with E-state index in [9.17, 15) is 4.79 Å². The Morgan fingerprint density at radius 1 is 1.17 bits per heavy atom. The number of hydrogen-bond donors (Lipinski definition) is 1. The van der Waals surface area contributed by atoms with Gasteiger partial charge in [0.15, 0.2) is 0 Å². The van der Waals surface area contributed by atoms with Crippen LogP contribution in [0.15, 0.2) is 53.0 Å². The number of nitrogens with one attached hydrogen (secondary N) is 1. The Kier molecular flexibility index (Phi) is 4.39. The second kappa shape index (κ2) is 6.03. The fourth-order valence-corrected chi connectivity index (χ4v) is 2.21. The van der Waals surface area contributed by atoms with Crippen LogP contribution < -0.4 is 5.32 Å². The minimum atomic E-state index is -0.144. The number of hydrogen-bond acceptors (Lipinski definition) is 1. The monoisotopic (exact) mass is 323 g/mol. The van der Waals surface area contributed by atoms with E-state index in [1.165, 1.54) is 0 Å². The fraction of sp³-hybridized carbons (Fsp3) is 0.0714. The van der Waals surface area contributed by atoms with E-state index < -0.39 is 0 Å². The molecule has 0 spiro atoms. The molecule has 0 saturated heterocycles. The highest BCUT2D eigenvalue weighted by Crippen LogP contribution is 2.18. The lowest BCUT2D eigenvalue weighted by Gasteiger charge is -2.07. The van der Waals surface area contributed by atoms with Gasteiger partial charge in [0.1, 0.15) is 0 Å². The fourth-order valence-electron chi connectivity index (χ4n) is 1.58. The summed E-state index contributed by atoms with van der Waals surface area (Å²) in [5.41, 5.74) is 2.32. The van der Waals surface area contributed by atoms with Crippen molar-refractivity contribution >= 4 is 39.1 Å². The summed E-state index contributed by atoms with van der Waals surface area (Å²) in [4.78, 5) is 12.1. The van der Waals surface area contributed by atoms with Crippen molar-refractivity contribution in [1.82, 2.24) is 0 Å². The first kappa shape index (κ1) is 13.1. The van der Waals surface area contributed by atoms with Gasteiger partial charge in [-0.1, -0.05) is 24.3 Å². The highest BCUT2D eigenvalue weighted by molar-refractivity contribution is 9.10. The molecule has 0 aliphatic carbocycles. The van der Waals surface area contributed by atoms with Crippen LogP contribution in [0, 0.1) is 0 Å². The van der Waals surface area contributed by atoms with E-state index in [2.05, 4.69) is 21.2 Å². The van der Waals surface area contributed by atoms with Crippen molar-refractivity contribution in [2.24, 2.45) is 0 Å². The zero-order chi connectivity index (χ0) is 13.0. The van der Waals surface area contributed by atoms with Crippen LogP contribution in [0.2, 0.25) is 0 Å². The smallest absolute Gasteiger partial charge is 0.256 e. The predicted octanol–water partition coefficient (Wildman–Crippen LogP) is 4.44. The molecule has 18 heavy (non-hydrogen) atoms. The van der Waals surface area contributed by atoms with Crippen LogP contribution >= 0.6 is 27.5 Å². The van der Waals surface area contributed by atoms with E-state index in [4.69, 9.17) is 11.6 Å². The van der Waals surface area contributed by atoms with Crippen LogP contribution in [-0.2, 0) is 5.88 Å². The first-order valence-electron chi connectivity index (χ1n) is 5.41. The molecule has 1 N–H and O–H groups in total. The average molecular weight is 325 g/mol. The van der Waals surface area contributed by atoms with Crippen LogP contribution in [0.1, 0.15) is 15.9 Å². The van der Waals surface area contributed by atoms with E-state index in [-0.39, 0.29) is 5.91 Å². The van der Waals surface area contributed by atoms with Crippen molar-refractivity contribution in [3.63, 3.8) is 0 Å².